The van der Waals surface area contributed by atoms with E-state index in [-0.39, 0.29) is 12.6 Å². The smallest absolute Gasteiger partial charge is 0.231 e. The lowest BCUT2D eigenvalue weighted by Crippen LogP contribution is -1.97. The van der Waals surface area contributed by atoms with Crippen molar-refractivity contribution in [3.63, 3.8) is 0 Å². The van der Waals surface area contributed by atoms with Gasteiger partial charge >= 0.3 is 0 Å². The molecule has 0 amide bonds. The maximum Gasteiger partial charge on any atom is 0.231 e. The summed E-state index contributed by atoms with van der Waals surface area (Å²) in [6, 6.07) is 10.9. The van der Waals surface area contributed by atoms with Gasteiger partial charge in [-0.1, -0.05) is 41.4 Å². The lowest BCUT2D eigenvalue weighted by Gasteiger charge is -2.05. The third-order valence-electron chi connectivity index (χ3n) is 3.54. The SMILES string of the molecule is O=C(C=Cc1ccc2c(c1)OCO2)CCc1c(Cl)cccc1Cl. The summed E-state index contributed by atoms with van der Waals surface area (Å²) in [7, 11) is 0. The Labute approximate surface area is 144 Å². The minimum absolute atomic E-state index is 0.0126. The second-order valence-electron chi connectivity index (χ2n) is 5.11. The molecule has 2 aromatic rings. The molecule has 118 valence electrons. The van der Waals surface area contributed by atoms with Crippen molar-refractivity contribution in [2.45, 2.75) is 12.8 Å². The largest absolute Gasteiger partial charge is 0.454 e. The predicted octanol–water partition coefficient (Wildman–Crippen LogP) is 4.94. The zero-order valence-corrected chi connectivity index (χ0v) is 13.7. The predicted molar refractivity (Wildman–Crippen MR) is 91.4 cm³/mol. The number of carbonyl (C=O) groups excluding carboxylic acids is 1. The van der Waals surface area contributed by atoms with E-state index in [9.17, 15) is 4.79 Å². The van der Waals surface area contributed by atoms with Crippen molar-refractivity contribution >= 4 is 35.1 Å². The molecule has 3 nitrogen and oxygen atoms in total. The molecule has 0 spiro atoms. The third-order valence-corrected chi connectivity index (χ3v) is 4.25. The van der Waals surface area contributed by atoms with Gasteiger partial charge in [0.25, 0.3) is 0 Å². The summed E-state index contributed by atoms with van der Waals surface area (Å²) >= 11 is 12.2. The Morgan fingerprint density at radius 1 is 1.09 bits per heavy atom. The first-order chi connectivity index (χ1) is 11.1. The van der Waals surface area contributed by atoms with Crippen molar-refractivity contribution in [3.05, 3.63) is 63.6 Å². The maximum absolute atomic E-state index is 12.0. The normalized spacial score (nSPS) is 12.8. The first-order valence-electron chi connectivity index (χ1n) is 7.17. The van der Waals surface area contributed by atoms with Gasteiger partial charge in [-0.15, -0.1) is 0 Å². The Kier molecular flexibility index (Phi) is 4.89. The van der Waals surface area contributed by atoms with Crippen LogP contribution in [0.15, 0.2) is 42.5 Å². The van der Waals surface area contributed by atoms with E-state index >= 15 is 0 Å². The van der Waals surface area contributed by atoms with E-state index in [0.717, 1.165) is 16.9 Å². The van der Waals surface area contributed by atoms with Gasteiger partial charge in [-0.3, -0.25) is 4.79 Å². The molecule has 1 aliphatic heterocycles. The quantitative estimate of drug-likeness (QED) is 0.718. The number of ketones is 1. The maximum atomic E-state index is 12.0. The van der Waals surface area contributed by atoms with Crippen LogP contribution in [0.5, 0.6) is 11.5 Å². The van der Waals surface area contributed by atoms with Gasteiger partial charge in [0.15, 0.2) is 17.3 Å². The van der Waals surface area contributed by atoms with Crippen LogP contribution in [0.4, 0.5) is 0 Å². The van der Waals surface area contributed by atoms with E-state index in [2.05, 4.69) is 0 Å². The molecule has 0 saturated heterocycles. The van der Waals surface area contributed by atoms with Crippen LogP contribution in [0.25, 0.3) is 6.08 Å². The Hall–Kier alpha value is -1.97. The first-order valence-corrected chi connectivity index (χ1v) is 7.92. The van der Waals surface area contributed by atoms with Gasteiger partial charge in [0.2, 0.25) is 6.79 Å². The average molecular weight is 349 g/mol. The number of allylic oxidation sites excluding steroid dienone is 1. The molecule has 0 N–H and O–H groups in total. The van der Waals surface area contributed by atoms with Crippen LogP contribution in [0, 0.1) is 0 Å². The minimum atomic E-state index is 0.0126. The summed E-state index contributed by atoms with van der Waals surface area (Å²) in [5, 5.41) is 1.18. The lowest BCUT2D eigenvalue weighted by molar-refractivity contribution is -0.114. The number of benzene rings is 2. The number of hydrogen-bond acceptors (Lipinski definition) is 3. The van der Waals surface area contributed by atoms with Crippen LogP contribution in [0.1, 0.15) is 17.5 Å². The highest BCUT2D eigenvalue weighted by molar-refractivity contribution is 6.36. The van der Waals surface area contributed by atoms with E-state index in [1.165, 1.54) is 0 Å². The molecule has 0 atom stereocenters. The van der Waals surface area contributed by atoms with Gasteiger partial charge < -0.3 is 9.47 Å². The molecule has 0 aromatic heterocycles. The summed E-state index contributed by atoms with van der Waals surface area (Å²) in [6.45, 7) is 0.236. The summed E-state index contributed by atoms with van der Waals surface area (Å²) in [4.78, 5) is 12.0. The van der Waals surface area contributed by atoms with E-state index in [4.69, 9.17) is 32.7 Å². The number of rotatable bonds is 5. The molecule has 0 saturated carbocycles. The summed E-state index contributed by atoms with van der Waals surface area (Å²) in [5.41, 5.74) is 1.69. The molecule has 0 fully saturated rings. The van der Waals surface area contributed by atoms with Crippen LogP contribution in [0.3, 0.4) is 0 Å². The van der Waals surface area contributed by atoms with E-state index < -0.39 is 0 Å². The minimum Gasteiger partial charge on any atom is -0.454 e. The van der Waals surface area contributed by atoms with Crippen molar-refractivity contribution in [1.29, 1.82) is 0 Å². The summed E-state index contributed by atoms with van der Waals surface area (Å²) < 4.78 is 10.6. The summed E-state index contributed by atoms with van der Waals surface area (Å²) in [5.74, 6) is 1.43. The molecule has 1 heterocycles. The molecule has 23 heavy (non-hydrogen) atoms. The Bertz CT molecular complexity index is 749. The molecule has 0 bridgehead atoms. The van der Waals surface area contributed by atoms with Crippen LogP contribution in [-0.4, -0.2) is 12.6 Å². The van der Waals surface area contributed by atoms with Gasteiger partial charge in [-0.25, -0.2) is 0 Å². The van der Waals surface area contributed by atoms with E-state index in [1.54, 1.807) is 30.4 Å². The van der Waals surface area contributed by atoms with Gasteiger partial charge in [0, 0.05) is 16.5 Å². The molecule has 5 heteroatoms. The number of halogens is 2. The molecule has 0 unspecified atom stereocenters. The van der Waals surface area contributed by atoms with Crippen LogP contribution in [-0.2, 0) is 11.2 Å². The number of hydrogen-bond donors (Lipinski definition) is 0. The van der Waals surface area contributed by atoms with Crippen LogP contribution < -0.4 is 9.47 Å². The van der Waals surface area contributed by atoms with Crippen molar-refractivity contribution in [1.82, 2.24) is 0 Å². The molecular weight excluding hydrogens is 335 g/mol. The molecular formula is C18H14Cl2O3. The molecule has 1 aliphatic rings. The third kappa shape index (κ3) is 3.87. The number of ether oxygens (including phenoxy) is 2. The van der Waals surface area contributed by atoms with Crippen molar-refractivity contribution < 1.29 is 14.3 Å². The fourth-order valence-electron chi connectivity index (χ4n) is 2.31. The zero-order valence-electron chi connectivity index (χ0n) is 12.2. The topological polar surface area (TPSA) is 35.5 Å². The fraction of sp³-hybridized carbons (Fsp3) is 0.167. The highest BCUT2D eigenvalue weighted by Gasteiger charge is 2.12. The van der Waals surface area contributed by atoms with E-state index in [1.807, 2.05) is 18.2 Å². The van der Waals surface area contributed by atoms with Crippen LogP contribution in [0.2, 0.25) is 10.0 Å². The van der Waals surface area contributed by atoms with Crippen molar-refractivity contribution in [2.75, 3.05) is 6.79 Å². The van der Waals surface area contributed by atoms with Crippen molar-refractivity contribution in [3.8, 4) is 11.5 Å². The molecule has 2 aromatic carbocycles. The average Bonchev–Trinajstić information content (AvgIpc) is 3.00. The second kappa shape index (κ2) is 7.07. The van der Waals surface area contributed by atoms with Gasteiger partial charge in [0.1, 0.15) is 0 Å². The summed E-state index contributed by atoms with van der Waals surface area (Å²) in [6.07, 6.45) is 4.19. The van der Waals surface area contributed by atoms with Gasteiger partial charge in [-0.05, 0) is 47.9 Å². The highest BCUT2D eigenvalue weighted by Crippen LogP contribution is 2.32. The van der Waals surface area contributed by atoms with Crippen LogP contribution >= 0.6 is 23.2 Å². The standard InChI is InChI=1S/C18H14Cl2O3/c19-15-2-1-3-16(20)14(15)8-7-13(21)6-4-12-5-9-17-18(10-12)23-11-22-17/h1-6,9-10H,7-8,11H2. The zero-order chi connectivity index (χ0) is 16.2. The highest BCUT2D eigenvalue weighted by atomic mass is 35.5. The number of carbonyl (C=O) groups is 1. The Morgan fingerprint density at radius 3 is 2.61 bits per heavy atom. The molecule has 3 rings (SSSR count). The monoisotopic (exact) mass is 348 g/mol. The molecule has 0 radical (unpaired) electrons. The fourth-order valence-corrected chi connectivity index (χ4v) is 2.90. The number of fused-ring (bicyclic) bond motifs is 1. The lowest BCUT2D eigenvalue weighted by atomic mass is 10.1. The van der Waals surface area contributed by atoms with Crippen molar-refractivity contribution in [2.24, 2.45) is 0 Å². The first kappa shape index (κ1) is 15.9. The molecule has 0 aliphatic carbocycles. The second-order valence-corrected chi connectivity index (χ2v) is 5.93. The Morgan fingerprint density at radius 2 is 1.83 bits per heavy atom. The Balaban J connectivity index is 1.61. The van der Waals surface area contributed by atoms with Gasteiger partial charge in [-0.2, -0.15) is 0 Å². The van der Waals surface area contributed by atoms with E-state index in [0.29, 0.717) is 28.6 Å². The van der Waals surface area contributed by atoms with Gasteiger partial charge in [0.05, 0.1) is 0 Å².